The van der Waals surface area contributed by atoms with Gasteiger partial charge in [-0.05, 0) is 26.7 Å². The molecule has 15 heavy (non-hydrogen) atoms. The molecule has 2 aliphatic rings. The zero-order valence-electron chi connectivity index (χ0n) is 9.40. The van der Waals surface area contributed by atoms with Gasteiger partial charge in [-0.3, -0.25) is 9.69 Å². The number of thioether (sulfide) groups is 1. The van der Waals surface area contributed by atoms with Crippen LogP contribution in [0.25, 0.3) is 0 Å². The van der Waals surface area contributed by atoms with Gasteiger partial charge < -0.3 is 5.11 Å². The summed E-state index contributed by atoms with van der Waals surface area (Å²) in [6.45, 7) is 6.59. The van der Waals surface area contributed by atoms with Crippen LogP contribution in [0.1, 0.15) is 26.7 Å². The molecule has 1 saturated carbocycles. The molecule has 1 heterocycles. The van der Waals surface area contributed by atoms with E-state index in [1.807, 2.05) is 11.8 Å². The van der Waals surface area contributed by atoms with E-state index in [-0.39, 0.29) is 10.7 Å². The maximum absolute atomic E-state index is 11.0. The second-order valence-electron chi connectivity index (χ2n) is 5.17. The summed E-state index contributed by atoms with van der Waals surface area (Å²) in [5.74, 6) is 0.418. The molecule has 0 radical (unpaired) electrons. The van der Waals surface area contributed by atoms with E-state index in [0.717, 1.165) is 31.7 Å². The second kappa shape index (κ2) is 3.98. The van der Waals surface area contributed by atoms with Gasteiger partial charge in [0.15, 0.2) is 0 Å². The van der Waals surface area contributed by atoms with Gasteiger partial charge in [-0.15, -0.1) is 0 Å². The summed E-state index contributed by atoms with van der Waals surface area (Å²) < 4.78 is 0.289. The van der Waals surface area contributed by atoms with E-state index in [9.17, 15) is 4.79 Å². The molecule has 0 aromatic heterocycles. The number of carbonyl (C=O) groups is 1. The van der Waals surface area contributed by atoms with Gasteiger partial charge in [-0.2, -0.15) is 11.8 Å². The maximum Gasteiger partial charge on any atom is 0.308 e. The maximum atomic E-state index is 11.0. The van der Waals surface area contributed by atoms with E-state index in [2.05, 4.69) is 18.7 Å². The summed E-state index contributed by atoms with van der Waals surface area (Å²) in [4.78, 5) is 13.4. The molecule has 1 saturated heterocycles. The summed E-state index contributed by atoms with van der Waals surface area (Å²) >= 11 is 2.00. The molecule has 2 atom stereocenters. The van der Waals surface area contributed by atoms with Crippen LogP contribution in [0.2, 0.25) is 0 Å². The van der Waals surface area contributed by atoms with Gasteiger partial charge in [0.05, 0.1) is 5.92 Å². The van der Waals surface area contributed by atoms with Crippen molar-refractivity contribution in [3.63, 3.8) is 0 Å². The number of carboxylic acids is 1. The van der Waals surface area contributed by atoms with Crippen LogP contribution in [0.3, 0.4) is 0 Å². The third kappa shape index (κ3) is 2.31. The molecule has 0 spiro atoms. The minimum atomic E-state index is -0.609. The van der Waals surface area contributed by atoms with Crippen molar-refractivity contribution < 1.29 is 9.90 Å². The molecule has 1 aliphatic carbocycles. The normalized spacial score (nSPS) is 35.9. The van der Waals surface area contributed by atoms with Crippen molar-refractivity contribution in [3.8, 4) is 0 Å². The first kappa shape index (κ1) is 11.3. The minimum Gasteiger partial charge on any atom is -0.481 e. The van der Waals surface area contributed by atoms with E-state index in [1.54, 1.807) is 0 Å². The number of hydrogen-bond acceptors (Lipinski definition) is 3. The van der Waals surface area contributed by atoms with Gasteiger partial charge in [0.1, 0.15) is 0 Å². The molecule has 4 heteroatoms. The Morgan fingerprint density at radius 1 is 1.47 bits per heavy atom. The average Bonchev–Trinajstić information content (AvgIpc) is 1.97. The van der Waals surface area contributed by atoms with Crippen molar-refractivity contribution in [2.24, 2.45) is 5.92 Å². The molecule has 2 unspecified atom stereocenters. The summed E-state index contributed by atoms with van der Waals surface area (Å²) in [5, 5.41) is 9.03. The predicted molar refractivity (Wildman–Crippen MR) is 62.3 cm³/mol. The van der Waals surface area contributed by atoms with Crippen LogP contribution in [-0.4, -0.2) is 45.6 Å². The lowest BCUT2D eigenvalue weighted by molar-refractivity contribution is -0.149. The zero-order chi connectivity index (χ0) is 11.1. The number of nitrogens with zero attached hydrogens (tertiary/aromatic N) is 1. The van der Waals surface area contributed by atoms with Crippen LogP contribution in [0.15, 0.2) is 0 Å². The third-order valence-corrected chi connectivity index (χ3v) is 4.78. The Morgan fingerprint density at radius 3 is 2.67 bits per heavy atom. The number of rotatable bonds is 2. The zero-order valence-corrected chi connectivity index (χ0v) is 10.2. The molecule has 1 aliphatic heterocycles. The Morgan fingerprint density at radius 2 is 2.20 bits per heavy atom. The highest BCUT2D eigenvalue weighted by molar-refractivity contribution is 8.00. The molecule has 2 fully saturated rings. The molecule has 1 N–H and O–H groups in total. The average molecular weight is 229 g/mol. The van der Waals surface area contributed by atoms with Crippen molar-refractivity contribution in [1.82, 2.24) is 4.90 Å². The highest BCUT2D eigenvalue weighted by Gasteiger charge is 2.42. The van der Waals surface area contributed by atoms with E-state index >= 15 is 0 Å². The molecule has 0 aromatic rings. The first-order valence-corrected chi connectivity index (χ1v) is 6.59. The lowest BCUT2D eigenvalue weighted by Gasteiger charge is -2.47. The second-order valence-corrected chi connectivity index (χ2v) is 6.97. The molecule has 3 nitrogen and oxygen atoms in total. The molecule has 2 rings (SSSR count). The third-order valence-electron chi connectivity index (χ3n) is 3.48. The monoisotopic (exact) mass is 229 g/mol. The molecular formula is C11H19NO2S. The quantitative estimate of drug-likeness (QED) is 0.782. The fraction of sp³-hybridized carbons (Fsp3) is 0.909. The van der Waals surface area contributed by atoms with E-state index in [4.69, 9.17) is 5.11 Å². The van der Waals surface area contributed by atoms with Crippen LogP contribution >= 0.6 is 11.8 Å². The summed E-state index contributed by atoms with van der Waals surface area (Å²) in [7, 11) is 0. The molecular weight excluding hydrogens is 210 g/mol. The smallest absolute Gasteiger partial charge is 0.308 e. The fourth-order valence-corrected chi connectivity index (χ4v) is 3.68. The first-order valence-electron chi connectivity index (χ1n) is 5.60. The lowest BCUT2D eigenvalue weighted by Crippen LogP contribution is -2.56. The van der Waals surface area contributed by atoms with Gasteiger partial charge in [0.25, 0.3) is 0 Å². The Balaban J connectivity index is 1.96. The highest BCUT2D eigenvalue weighted by Crippen LogP contribution is 2.37. The predicted octanol–water partition coefficient (Wildman–Crippen LogP) is 1.68. The summed E-state index contributed by atoms with van der Waals surface area (Å²) in [6.07, 6.45) is 1.93. The van der Waals surface area contributed by atoms with Crippen LogP contribution in [0.4, 0.5) is 0 Å². The van der Waals surface area contributed by atoms with Gasteiger partial charge in [-0.25, -0.2) is 0 Å². The van der Waals surface area contributed by atoms with Crippen molar-refractivity contribution in [2.75, 3.05) is 18.8 Å². The Hall–Kier alpha value is -0.220. The van der Waals surface area contributed by atoms with Crippen LogP contribution in [0.5, 0.6) is 0 Å². The van der Waals surface area contributed by atoms with Crippen LogP contribution < -0.4 is 0 Å². The molecule has 0 amide bonds. The SMILES string of the molecule is CC1(C)CN(C2CCC2C(=O)O)CCS1. The van der Waals surface area contributed by atoms with Crippen LogP contribution in [0, 0.1) is 5.92 Å². The van der Waals surface area contributed by atoms with E-state index < -0.39 is 5.97 Å². The minimum absolute atomic E-state index is 0.108. The van der Waals surface area contributed by atoms with Crippen molar-refractivity contribution >= 4 is 17.7 Å². The fourth-order valence-electron chi connectivity index (χ4n) is 2.54. The van der Waals surface area contributed by atoms with Gasteiger partial charge in [0, 0.05) is 29.6 Å². The molecule has 0 aromatic carbocycles. The van der Waals surface area contributed by atoms with Gasteiger partial charge in [0.2, 0.25) is 0 Å². The Kier molecular flexibility index (Phi) is 2.99. The number of carboxylic acid groups (broad SMARTS) is 1. The highest BCUT2D eigenvalue weighted by atomic mass is 32.2. The summed E-state index contributed by atoms with van der Waals surface area (Å²) in [5.41, 5.74) is 0. The van der Waals surface area contributed by atoms with E-state index in [0.29, 0.717) is 6.04 Å². The molecule has 86 valence electrons. The summed E-state index contributed by atoms with van der Waals surface area (Å²) in [6, 6.07) is 0.308. The topological polar surface area (TPSA) is 40.5 Å². The number of aliphatic carboxylic acids is 1. The molecule has 0 bridgehead atoms. The van der Waals surface area contributed by atoms with Crippen LogP contribution in [-0.2, 0) is 4.79 Å². The first-order chi connectivity index (χ1) is 6.99. The Labute approximate surface area is 95.2 Å². The van der Waals surface area contributed by atoms with Crippen molar-refractivity contribution in [2.45, 2.75) is 37.5 Å². The van der Waals surface area contributed by atoms with Gasteiger partial charge >= 0.3 is 5.97 Å². The largest absolute Gasteiger partial charge is 0.481 e. The van der Waals surface area contributed by atoms with Gasteiger partial charge in [-0.1, -0.05) is 0 Å². The van der Waals surface area contributed by atoms with Crippen molar-refractivity contribution in [3.05, 3.63) is 0 Å². The standard InChI is InChI=1S/C11H19NO2S/c1-11(2)7-12(5-6-15-11)9-4-3-8(9)10(13)14/h8-9H,3-7H2,1-2H3,(H,13,14). The lowest BCUT2D eigenvalue weighted by atomic mass is 9.78. The number of hydrogen-bond donors (Lipinski definition) is 1. The van der Waals surface area contributed by atoms with Crippen molar-refractivity contribution in [1.29, 1.82) is 0 Å². The Bertz CT molecular complexity index is 267. The van der Waals surface area contributed by atoms with E-state index in [1.165, 1.54) is 0 Å².